The van der Waals surface area contributed by atoms with Gasteiger partial charge in [-0.1, -0.05) is 0 Å². The molecule has 0 unspecified atom stereocenters. The molecule has 0 saturated heterocycles. The van der Waals surface area contributed by atoms with Crippen molar-refractivity contribution in [3.8, 4) is 5.69 Å². The molecule has 2 aromatic carbocycles. The summed E-state index contributed by atoms with van der Waals surface area (Å²) < 4.78 is 3.60. The molecule has 0 radical (unpaired) electrons. The second-order valence-corrected chi connectivity index (χ2v) is 5.88. The minimum atomic E-state index is -0.490. The molecular formula is C18H14N4O4. The lowest BCUT2D eigenvalue weighted by Gasteiger charge is -2.07. The van der Waals surface area contributed by atoms with E-state index in [1.165, 1.54) is 12.1 Å². The van der Waals surface area contributed by atoms with Crippen LogP contribution in [0.3, 0.4) is 0 Å². The number of hydrogen-bond acceptors (Lipinski definition) is 4. The van der Waals surface area contributed by atoms with E-state index in [9.17, 15) is 20.2 Å². The Morgan fingerprint density at radius 1 is 0.962 bits per heavy atom. The normalized spacial score (nSPS) is 11.3. The molecule has 4 aromatic rings. The molecular weight excluding hydrogens is 336 g/mol. The zero-order chi connectivity index (χ0) is 18.4. The molecule has 130 valence electrons. The summed E-state index contributed by atoms with van der Waals surface area (Å²) in [5.41, 5.74) is 1.70. The Kier molecular flexibility index (Phi) is 3.47. The minimum absolute atomic E-state index is 0.0589. The molecule has 8 nitrogen and oxygen atoms in total. The van der Waals surface area contributed by atoms with Gasteiger partial charge in [-0.25, -0.2) is 0 Å². The third-order valence-corrected chi connectivity index (χ3v) is 4.56. The highest BCUT2D eigenvalue weighted by atomic mass is 16.6. The fraction of sp³-hybridized carbons (Fsp3) is 0.111. The smallest absolute Gasteiger partial charge is 0.303 e. The highest BCUT2D eigenvalue weighted by molar-refractivity contribution is 6.14. The zero-order valence-electron chi connectivity index (χ0n) is 13.8. The van der Waals surface area contributed by atoms with Crippen LogP contribution in [0.1, 0.15) is 6.92 Å². The molecule has 0 amide bonds. The van der Waals surface area contributed by atoms with E-state index in [0.717, 1.165) is 5.52 Å². The lowest BCUT2D eigenvalue weighted by molar-refractivity contribution is -0.384. The molecule has 0 aliphatic rings. The van der Waals surface area contributed by atoms with Crippen LogP contribution in [0.5, 0.6) is 0 Å². The number of nitro groups is 2. The predicted molar refractivity (Wildman–Crippen MR) is 97.8 cm³/mol. The first-order valence-corrected chi connectivity index (χ1v) is 8.04. The summed E-state index contributed by atoms with van der Waals surface area (Å²) in [4.78, 5) is 22.2. The van der Waals surface area contributed by atoms with Crippen molar-refractivity contribution in [2.24, 2.45) is 0 Å². The van der Waals surface area contributed by atoms with Crippen LogP contribution in [0.25, 0.3) is 27.5 Å². The number of benzene rings is 2. The molecule has 0 aliphatic carbocycles. The van der Waals surface area contributed by atoms with Gasteiger partial charge in [0.05, 0.1) is 20.7 Å². The molecule has 0 aliphatic heterocycles. The first-order valence-electron chi connectivity index (χ1n) is 8.04. The van der Waals surface area contributed by atoms with Crippen molar-refractivity contribution >= 4 is 33.2 Å². The number of aryl methyl sites for hydroxylation is 1. The summed E-state index contributed by atoms with van der Waals surface area (Å²) in [5, 5.41) is 24.1. The Bertz CT molecular complexity index is 1180. The highest BCUT2D eigenvalue weighted by Crippen LogP contribution is 2.40. The molecule has 0 N–H and O–H groups in total. The molecule has 4 rings (SSSR count). The van der Waals surface area contributed by atoms with E-state index in [0.29, 0.717) is 28.5 Å². The SMILES string of the molecule is CCn1c2ccc([N+](=O)[O-])cc2c2c([N+](=O)[O-])c(-n3cccc3)ccc21. The number of aromatic nitrogens is 2. The summed E-state index contributed by atoms with van der Waals surface area (Å²) in [6.07, 6.45) is 3.46. The average molecular weight is 350 g/mol. The maximum Gasteiger partial charge on any atom is 0.303 e. The third kappa shape index (κ3) is 2.16. The molecule has 2 heterocycles. The van der Waals surface area contributed by atoms with Gasteiger partial charge in [-0.15, -0.1) is 0 Å². The van der Waals surface area contributed by atoms with Gasteiger partial charge in [-0.2, -0.15) is 0 Å². The van der Waals surface area contributed by atoms with Gasteiger partial charge < -0.3 is 9.13 Å². The van der Waals surface area contributed by atoms with E-state index in [4.69, 9.17) is 0 Å². The lowest BCUT2D eigenvalue weighted by atomic mass is 10.1. The van der Waals surface area contributed by atoms with E-state index in [-0.39, 0.29) is 11.4 Å². The Morgan fingerprint density at radius 2 is 1.65 bits per heavy atom. The topological polar surface area (TPSA) is 96.1 Å². The quantitative estimate of drug-likeness (QED) is 0.402. The van der Waals surface area contributed by atoms with Crippen LogP contribution in [-0.2, 0) is 6.54 Å². The number of hydrogen-bond donors (Lipinski definition) is 0. The number of rotatable bonds is 4. The van der Waals surface area contributed by atoms with Gasteiger partial charge >= 0.3 is 5.69 Å². The molecule has 8 heteroatoms. The largest absolute Gasteiger partial charge is 0.341 e. The Labute approximate surface area is 147 Å². The van der Waals surface area contributed by atoms with Crippen molar-refractivity contribution in [1.82, 2.24) is 9.13 Å². The summed E-state index contributed by atoms with van der Waals surface area (Å²) in [6, 6.07) is 11.6. The first-order chi connectivity index (χ1) is 12.5. The fourth-order valence-corrected chi connectivity index (χ4v) is 3.49. The van der Waals surface area contributed by atoms with Crippen LogP contribution in [0.2, 0.25) is 0 Å². The van der Waals surface area contributed by atoms with Gasteiger partial charge in [0.2, 0.25) is 0 Å². The molecule has 26 heavy (non-hydrogen) atoms. The third-order valence-electron chi connectivity index (χ3n) is 4.56. The molecule has 0 atom stereocenters. The Hall–Kier alpha value is -3.68. The number of nitrogens with zero attached hydrogens (tertiary/aromatic N) is 4. The number of non-ortho nitro benzene ring substituents is 1. The Morgan fingerprint density at radius 3 is 2.27 bits per heavy atom. The van der Waals surface area contributed by atoms with Crippen LogP contribution < -0.4 is 0 Å². The average Bonchev–Trinajstić information content (AvgIpc) is 3.26. The monoisotopic (exact) mass is 350 g/mol. The second kappa shape index (κ2) is 5.69. The lowest BCUT2D eigenvalue weighted by Crippen LogP contribution is -1.99. The van der Waals surface area contributed by atoms with Crippen molar-refractivity contribution in [2.45, 2.75) is 13.5 Å². The van der Waals surface area contributed by atoms with Gasteiger partial charge in [0.25, 0.3) is 5.69 Å². The van der Waals surface area contributed by atoms with Crippen molar-refractivity contribution in [1.29, 1.82) is 0 Å². The minimum Gasteiger partial charge on any atom is -0.341 e. The van der Waals surface area contributed by atoms with Gasteiger partial charge in [0.1, 0.15) is 5.69 Å². The number of nitro benzene ring substituents is 2. The van der Waals surface area contributed by atoms with E-state index < -0.39 is 9.85 Å². The maximum atomic E-state index is 11.9. The van der Waals surface area contributed by atoms with Crippen LogP contribution >= 0.6 is 0 Å². The number of fused-ring (bicyclic) bond motifs is 3. The van der Waals surface area contributed by atoms with Gasteiger partial charge in [-0.05, 0) is 37.3 Å². The highest BCUT2D eigenvalue weighted by Gasteiger charge is 2.26. The molecule has 0 bridgehead atoms. The molecule has 0 saturated carbocycles. The first kappa shape index (κ1) is 15.8. The molecule has 0 fully saturated rings. The zero-order valence-corrected chi connectivity index (χ0v) is 13.8. The van der Waals surface area contributed by atoms with Crippen molar-refractivity contribution in [3.05, 3.63) is 75.1 Å². The fourth-order valence-electron chi connectivity index (χ4n) is 3.49. The van der Waals surface area contributed by atoms with E-state index >= 15 is 0 Å². The van der Waals surface area contributed by atoms with Crippen LogP contribution in [0.15, 0.2) is 54.9 Å². The summed E-state index contributed by atoms with van der Waals surface area (Å²) in [5.74, 6) is 0. The van der Waals surface area contributed by atoms with Crippen molar-refractivity contribution in [2.75, 3.05) is 0 Å². The van der Waals surface area contributed by atoms with Crippen molar-refractivity contribution in [3.63, 3.8) is 0 Å². The summed E-state index contributed by atoms with van der Waals surface area (Å²) >= 11 is 0. The molecule has 2 aromatic heterocycles. The second-order valence-electron chi connectivity index (χ2n) is 5.88. The standard InChI is InChI=1S/C18H14N4O4/c1-2-20-14-6-5-12(21(23)24)11-13(14)17-15(20)7-8-16(18(17)22(25)26)19-9-3-4-10-19/h3-11H,2H2,1H3. The van der Waals surface area contributed by atoms with E-state index in [2.05, 4.69) is 0 Å². The van der Waals surface area contributed by atoms with Crippen LogP contribution in [-0.4, -0.2) is 19.0 Å². The maximum absolute atomic E-state index is 11.9. The van der Waals surface area contributed by atoms with Crippen LogP contribution in [0, 0.1) is 20.2 Å². The molecule has 0 spiro atoms. The summed E-state index contributed by atoms with van der Waals surface area (Å²) in [7, 11) is 0. The van der Waals surface area contributed by atoms with Gasteiger partial charge in [0.15, 0.2) is 0 Å². The predicted octanol–water partition coefficient (Wildman–Crippen LogP) is 4.42. The Balaban J connectivity index is 2.22. The van der Waals surface area contributed by atoms with Gasteiger partial charge in [0, 0.05) is 42.0 Å². The van der Waals surface area contributed by atoms with Crippen LogP contribution in [0.4, 0.5) is 11.4 Å². The van der Waals surface area contributed by atoms with Gasteiger partial charge in [-0.3, -0.25) is 20.2 Å². The van der Waals surface area contributed by atoms with Crippen molar-refractivity contribution < 1.29 is 9.85 Å². The summed E-state index contributed by atoms with van der Waals surface area (Å²) in [6.45, 7) is 2.53. The van der Waals surface area contributed by atoms with E-state index in [1.807, 2.05) is 17.6 Å². The van der Waals surface area contributed by atoms with E-state index in [1.54, 1.807) is 41.2 Å².